The minimum Gasteiger partial charge on any atom is -0.366 e. The molecule has 128 valence electrons. The molecule has 0 saturated carbocycles. The number of hydrogen-bond donors (Lipinski definition) is 2. The highest BCUT2D eigenvalue weighted by atomic mass is 16.6. The highest BCUT2D eigenvalue weighted by Gasteiger charge is 2.25. The molecule has 0 atom stereocenters. The van der Waals surface area contributed by atoms with Crippen LogP contribution in [0.5, 0.6) is 0 Å². The van der Waals surface area contributed by atoms with E-state index in [1.807, 2.05) is 0 Å². The van der Waals surface area contributed by atoms with E-state index in [0.717, 1.165) is 12.1 Å². The zero-order chi connectivity index (χ0) is 18.7. The molecule has 0 radical (unpaired) electrons. The highest BCUT2D eigenvalue weighted by Crippen LogP contribution is 2.29. The molecule has 0 saturated heterocycles. The third-order valence-electron chi connectivity index (χ3n) is 3.46. The summed E-state index contributed by atoms with van der Waals surface area (Å²) in [5.74, 6) is -1.62. The van der Waals surface area contributed by atoms with Crippen LogP contribution in [0.3, 0.4) is 0 Å². The van der Waals surface area contributed by atoms with E-state index in [9.17, 15) is 29.8 Å². The van der Waals surface area contributed by atoms with Crippen LogP contribution in [0.15, 0.2) is 36.4 Å². The summed E-state index contributed by atoms with van der Waals surface area (Å²) in [7, 11) is 0. The zero-order valence-corrected chi connectivity index (χ0v) is 12.9. The summed E-state index contributed by atoms with van der Waals surface area (Å²) < 4.78 is 0. The lowest BCUT2D eigenvalue weighted by Crippen LogP contribution is -2.19. The van der Waals surface area contributed by atoms with Crippen LogP contribution in [0, 0.1) is 27.2 Å². The van der Waals surface area contributed by atoms with Crippen LogP contribution in [0.2, 0.25) is 0 Å². The van der Waals surface area contributed by atoms with E-state index in [-0.39, 0.29) is 22.4 Å². The van der Waals surface area contributed by atoms with Gasteiger partial charge in [0, 0.05) is 11.6 Å². The Hall–Kier alpha value is -3.82. The zero-order valence-electron chi connectivity index (χ0n) is 12.9. The first kappa shape index (κ1) is 17.5. The number of non-ortho nitro benzene ring substituents is 1. The van der Waals surface area contributed by atoms with Crippen LogP contribution < -0.4 is 11.1 Å². The molecule has 10 nitrogen and oxygen atoms in total. The van der Waals surface area contributed by atoms with Crippen LogP contribution in [0.1, 0.15) is 26.3 Å². The Labute approximate surface area is 140 Å². The van der Waals surface area contributed by atoms with Gasteiger partial charge in [-0.2, -0.15) is 0 Å². The molecule has 10 heteroatoms. The van der Waals surface area contributed by atoms with Crippen molar-refractivity contribution in [3.05, 3.63) is 73.3 Å². The molecule has 2 aromatic rings. The second kappa shape index (κ2) is 6.74. The van der Waals surface area contributed by atoms with Gasteiger partial charge in [-0.3, -0.25) is 29.8 Å². The minimum atomic E-state index is -0.835. The van der Waals surface area contributed by atoms with Gasteiger partial charge in [0.2, 0.25) is 0 Å². The van der Waals surface area contributed by atoms with Crippen LogP contribution >= 0.6 is 0 Å². The smallest absolute Gasteiger partial charge is 0.279 e. The number of nitrogens with one attached hydrogen (secondary N) is 1. The maximum absolute atomic E-state index is 12.5. The average Bonchev–Trinajstić information content (AvgIpc) is 2.54. The summed E-state index contributed by atoms with van der Waals surface area (Å²) in [6.07, 6.45) is 0. The van der Waals surface area contributed by atoms with Crippen molar-refractivity contribution in [2.24, 2.45) is 5.73 Å². The molecule has 25 heavy (non-hydrogen) atoms. The number of amides is 2. The molecule has 0 aliphatic rings. The molecule has 3 N–H and O–H groups in total. The number of carbonyl (C=O) groups excluding carboxylic acids is 2. The van der Waals surface area contributed by atoms with Crippen molar-refractivity contribution in [1.82, 2.24) is 0 Å². The van der Waals surface area contributed by atoms with E-state index < -0.39 is 33.0 Å². The lowest BCUT2D eigenvalue weighted by Gasteiger charge is -2.10. The summed E-state index contributed by atoms with van der Waals surface area (Å²) in [5.41, 5.74) is 3.91. The molecule has 0 fully saturated rings. The molecule has 0 unspecified atom stereocenters. The molecule has 2 amide bonds. The number of benzene rings is 2. The van der Waals surface area contributed by atoms with Crippen molar-refractivity contribution in [2.45, 2.75) is 6.92 Å². The van der Waals surface area contributed by atoms with Gasteiger partial charge in [0.05, 0.1) is 32.7 Å². The fourth-order valence-corrected chi connectivity index (χ4v) is 2.21. The summed E-state index contributed by atoms with van der Waals surface area (Å²) in [5, 5.41) is 24.4. The molecule has 2 rings (SSSR count). The molecule has 0 heterocycles. The molecule has 0 aliphatic carbocycles. The number of primary amides is 1. The third-order valence-corrected chi connectivity index (χ3v) is 3.46. The Morgan fingerprint density at radius 3 is 2.24 bits per heavy atom. The van der Waals surface area contributed by atoms with E-state index in [1.165, 1.54) is 19.1 Å². The Morgan fingerprint density at radius 2 is 1.68 bits per heavy atom. The van der Waals surface area contributed by atoms with Crippen molar-refractivity contribution in [3.63, 3.8) is 0 Å². The van der Waals surface area contributed by atoms with Crippen molar-refractivity contribution >= 4 is 28.9 Å². The van der Waals surface area contributed by atoms with E-state index in [1.54, 1.807) is 12.1 Å². The molecular formula is C15H12N4O6. The van der Waals surface area contributed by atoms with Gasteiger partial charge in [0.1, 0.15) is 0 Å². The van der Waals surface area contributed by atoms with Gasteiger partial charge in [-0.05, 0) is 19.1 Å². The van der Waals surface area contributed by atoms with Gasteiger partial charge in [-0.25, -0.2) is 0 Å². The monoisotopic (exact) mass is 344 g/mol. The summed E-state index contributed by atoms with van der Waals surface area (Å²) >= 11 is 0. The molecule has 2 aromatic carbocycles. The number of nitrogens with zero attached hydrogens (tertiary/aromatic N) is 2. The number of nitro benzene ring substituents is 2. The maximum atomic E-state index is 12.5. The minimum absolute atomic E-state index is 0.0356. The van der Waals surface area contributed by atoms with Crippen LogP contribution in [0.25, 0.3) is 0 Å². The number of anilines is 1. The van der Waals surface area contributed by atoms with Crippen LogP contribution in [0.4, 0.5) is 17.1 Å². The van der Waals surface area contributed by atoms with Crippen molar-refractivity contribution < 1.29 is 19.4 Å². The predicted molar refractivity (Wildman–Crippen MR) is 87.4 cm³/mol. The van der Waals surface area contributed by atoms with Gasteiger partial charge in [-0.1, -0.05) is 12.1 Å². The van der Waals surface area contributed by atoms with E-state index >= 15 is 0 Å². The fraction of sp³-hybridized carbons (Fsp3) is 0.0667. The number of para-hydroxylation sites is 1. The lowest BCUT2D eigenvalue weighted by atomic mass is 10.0. The number of carbonyl (C=O) groups is 2. The Kier molecular flexibility index (Phi) is 4.73. The molecule has 0 aromatic heterocycles. The SMILES string of the molecule is Cc1c(C(=O)Nc2ccccc2C(N)=O)cc([N+](=O)[O-])cc1[N+](=O)[O-]. The van der Waals surface area contributed by atoms with Crippen LogP contribution in [-0.2, 0) is 0 Å². The predicted octanol–water partition coefficient (Wildman–Crippen LogP) is 2.16. The number of hydrogen-bond acceptors (Lipinski definition) is 6. The molecule has 0 bridgehead atoms. The second-order valence-electron chi connectivity index (χ2n) is 5.02. The topological polar surface area (TPSA) is 158 Å². The molecule has 0 spiro atoms. The van der Waals surface area contributed by atoms with Gasteiger partial charge in [0.15, 0.2) is 0 Å². The van der Waals surface area contributed by atoms with Crippen molar-refractivity contribution in [3.8, 4) is 0 Å². The first-order chi connectivity index (χ1) is 11.7. The van der Waals surface area contributed by atoms with E-state index in [4.69, 9.17) is 5.73 Å². The Balaban J connectivity index is 2.51. The quantitative estimate of drug-likeness (QED) is 0.624. The maximum Gasteiger partial charge on any atom is 0.279 e. The lowest BCUT2D eigenvalue weighted by molar-refractivity contribution is -0.394. The number of rotatable bonds is 5. The second-order valence-corrected chi connectivity index (χ2v) is 5.02. The van der Waals surface area contributed by atoms with Gasteiger partial charge >= 0.3 is 0 Å². The van der Waals surface area contributed by atoms with Crippen molar-refractivity contribution in [1.29, 1.82) is 0 Å². The third kappa shape index (κ3) is 3.58. The number of nitrogens with two attached hydrogens (primary N) is 1. The molecular weight excluding hydrogens is 332 g/mol. The highest BCUT2D eigenvalue weighted by molar-refractivity contribution is 6.10. The first-order valence-electron chi connectivity index (χ1n) is 6.86. The van der Waals surface area contributed by atoms with E-state index in [2.05, 4.69) is 5.32 Å². The molecule has 0 aliphatic heterocycles. The Morgan fingerprint density at radius 1 is 1.04 bits per heavy atom. The van der Waals surface area contributed by atoms with E-state index in [0.29, 0.717) is 0 Å². The Bertz CT molecular complexity index is 909. The van der Waals surface area contributed by atoms with Crippen LogP contribution in [-0.4, -0.2) is 21.7 Å². The van der Waals surface area contributed by atoms with Gasteiger partial charge in [0.25, 0.3) is 23.2 Å². The summed E-state index contributed by atoms with van der Waals surface area (Å²) in [6, 6.07) is 7.61. The fourth-order valence-electron chi connectivity index (χ4n) is 2.21. The largest absolute Gasteiger partial charge is 0.366 e. The average molecular weight is 344 g/mol. The first-order valence-corrected chi connectivity index (χ1v) is 6.86. The standard InChI is InChI=1S/C15H12N4O6/c1-8-11(6-9(18(22)23)7-13(8)19(24)25)15(21)17-12-5-3-2-4-10(12)14(16)20/h2-7H,1H3,(H2,16,20)(H,17,21). The normalized spacial score (nSPS) is 10.1. The number of nitro groups is 2. The van der Waals surface area contributed by atoms with Crippen molar-refractivity contribution in [2.75, 3.05) is 5.32 Å². The van der Waals surface area contributed by atoms with Gasteiger partial charge < -0.3 is 11.1 Å². The van der Waals surface area contributed by atoms with Gasteiger partial charge in [-0.15, -0.1) is 0 Å². The summed E-state index contributed by atoms with van der Waals surface area (Å²) in [6.45, 7) is 1.30. The summed E-state index contributed by atoms with van der Waals surface area (Å²) in [4.78, 5) is 44.2.